The highest BCUT2D eigenvalue weighted by molar-refractivity contribution is 7.07. The van der Waals surface area contributed by atoms with Crippen molar-refractivity contribution >= 4 is 33.7 Å². The van der Waals surface area contributed by atoms with Gasteiger partial charge >= 0.3 is 0 Å². The van der Waals surface area contributed by atoms with Gasteiger partial charge in [0.25, 0.3) is 5.91 Å². The Morgan fingerprint density at radius 1 is 1.17 bits per heavy atom. The normalized spacial score (nSPS) is 13.7. The van der Waals surface area contributed by atoms with Gasteiger partial charge in [-0.05, 0) is 46.7 Å². The number of anilines is 1. The summed E-state index contributed by atoms with van der Waals surface area (Å²) in [6.45, 7) is 2.83. The van der Waals surface area contributed by atoms with Gasteiger partial charge in [0.15, 0.2) is 6.04 Å². The van der Waals surface area contributed by atoms with Crippen LogP contribution in [-0.2, 0) is 11.3 Å². The molecule has 3 nitrogen and oxygen atoms in total. The van der Waals surface area contributed by atoms with Gasteiger partial charge in [-0.15, -0.1) is 0 Å². The summed E-state index contributed by atoms with van der Waals surface area (Å²) in [5.74, 6) is 0.0491. The fourth-order valence-electron chi connectivity index (χ4n) is 2.61. The monoisotopic (exact) mass is 325 g/mol. The molecule has 118 valence electrons. The number of fused-ring (bicyclic) bond motifs is 1. The average molecular weight is 325 g/mol. The fraction of sp³-hybridized carbons (Fsp3) is 0.211. The van der Waals surface area contributed by atoms with Gasteiger partial charge in [-0.2, -0.15) is 11.3 Å². The number of rotatable bonds is 5. The minimum absolute atomic E-state index is 0.0491. The fourth-order valence-corrected chi connectivity index (χ4v) is 3.28. The number of hydrogen-bond acceptors (Lipinski definition) is 2. The van der Waals surface area contributed by atoms with Crippen LogP contribution in [0.1, 0.15) is 12.5 Å². The van der Waals surface area contributed by atoms with Gasteiger partial charge in [-0.1, -0.05) is 30.3 Å². The summed E-state index contributed by atoms with van der Waals surface area (Å²) in [5.41, 5.74) is 2.13. The van der Waals surface area contributed by atoms with Gasteiger partial charge in [-0.25, -0.2) is 0 Å². The standard InChI is InChI=1S/C19H20N2OS/c1-14(21(2)12-15-9-10-23-13-15)19(22)20-18-8-7-16-5-3-4-6-17(16)11-18/h3-11,13-14H,12H2,1-2H3,(H,20,22)/p+1/t14-/m1/s1. The van der Waals surface area contributed by atoms with Gasteiger partial charge < -0.3 is 10.2 Å². The molecule has 4 heteroatoms. The molecule has 1 amide bonds. The van der Waals surface area contributed by atoms with E-state index in [4.69, 9.17) is 0 Å². The number of benzene rings is 2. The van der Waals surface area contributed by atoms with Crippen molar-refractivity contribution in [1.29, 1.82) is 0 Å². The van der Waals surface area contributed by atoms with Gasteiger partial charge in [0, 0.05) is 11.3 Å². The van der Waals surface area contributed by atoms with Crippen molar-refractivity contribution in [2.45, 2.75) is 19.5 Å². The average Bonchev–Trinajstić information content (AvgIpc) is 3.07. The highest BCUT2D eigenvalue weighted by atomic mass is 32.1. The maximum absolute atomic E-state index is 12.5. The molecular formula is C19H21N2OS+. The third-order valence-electron chi connectivity index (χ3n) is 4.21. The maximum atomic E-state index is 12.5. The molecule has 2 atom stereocenters. The quantitative estimate of drug-likeness (QED) is 0.743. The minimum Gasteiger partial charge on any atom is -0.324 e. The summed E-state index contributed by atoms with van der Waals surface area (Å²) in [6.07, 6.45) is 0. The Bertz CT molecular complexity index is 798. The second-order valence-corrected chi connectivity index (χ2v) is 6.71. The third kappa shape index (κ3) is 3.78. The van der Waals surface area contributed by atoms with Crippen molar-refractivity contribution in [2.75, 3.05) is 12.4 Å². The SMILES string of the molecule is C[C@H](C(=O)Nc1ccc2ccccc2c1)[NH+](C)Cc1ccsc1. The molecule has 0 aliphatic heterocycles. The van der Waals surface area contributed by atoms with Crippen molar-refractivity contribution in [3.8, 4) is 0 Å². The summed E-state index contributed by atoms with van der Waals surface area (Å²) in [6, 6.07) is 16.2. The van der Waals surface area contributed by atoms with Crippen molar-refractivity contribution in [3.05, 3.63) is 64.9 Å². The smallest absolute Gasteiger partial charge is 0.282 e. The number of hydrogen-bond donors (Lipinski definition) is 2. The molecule has 23 heavy (non-hydrogen) atoms. The van der Waals surface area contributed by atoms with Gasteiger partial charge in [0.1, 0.15) is 6.54 Å². The molecule has 0 radical (unpaired) electrons. The third-order valence-corrected chi connectivity index (χ3v) is 4.94. The number of nitrogens with one attached hydrogen (secondary N) is 2. The van der Waals surface area contributed by atoms with E-state index in [2.05, 4.69) is 41.3 Å². The van der Waals surface area contributed by atoms with Crippen LogP contribution in [0, 0.1) is 0 Å². The number of carbonyl (C=O) groups excluding carboxylic acids is 1. The molecule has 3 aromatic rings. The van der Waals surface area contributed by atoms with Crippen LogP contribution in [0.4, 0.5) is 5.69 Å². The molecule has 0 aliphatic rings. The predicted molar refractivity (Wildman–Crippen MR) is 96.9 cm³/mol. The molecule has 1 aromatic heterocycles. The molecular weight excluding hydrogens is 304 g/mol. The molecule has 3 rings (SSSR count). The van der Waals surface area contributed by atoms with E-state index in [9.17, 15) is 4.79 Å². The first-order chi connectivity index (χ1) is 11.1. The Hall–Kier alpha value is -2.17. The Morgan fingerprint density at radius 3 is 2.70 bits per heavy atom. The van der Waals surface area contributed by atoms with E-state index >= 15 is 0 Å². The first-order valence-corrected chi connectivity index (χ1v) is 8.71. The van der Waals surface area contributed by atoms with E-state index in [1.807, 2.05) is 37.3 Å². The molecule has 0 bridgehead atoms. The number of quaternary nitrogens is 1. The number of carbonyl (C=O) groups is 1. The molecule has 1 unspecified atom stereocenters. The Kier molecular flexibility index (Phi) is 4.74. The predicted octanol–water partition coefficient (Wildman–Crippen LogP) is 2.94. The first-order valence-electron chi connectivity index (χ1n) is 7.76. The van der Waals surface area contributed by atoms with Crippen LogP contribution in [0.3, 0.4) is 0 Å². The van der Waals surface area contributed by atoms with Crippen LogP contribution in [0.2, 0.25) is 0 Å². The van der Waals surface area contributed by atoms with Crippen LogP contribution >= 0.6 is 11.3 Å². The van der Waals surface area contributed by atoms with Crippen LogP contribution in [0.25, 0.3) is 10.8 Å². The zero-order valence-corrected chi connectivity index (χ0v) is 14.2. The highest BCUT2D eigenvalue weighted by Crippen LogP contribution is 2.18. The lowest BCUT2D eigenvalue weighted by Crippen LogP contribution is -3.12. The van der Waals surface area contributed by atoms with Crippen molar-refractivity contribution in [3.63, 3.8) is 0 Å². The topological polar surface area (TPSA) is 33.5 Å². The lowest BCUT2D eigenvalue weighted by atomic mass is 10.1. The summed E-state index contributed by atoms with van der Waals surface area (Å²) >= 11 is 1.69. The van der Waals surface area contributed by atoms with Crippen LogP contribution < -0.4 is 10.2 Å². The maximum Gasteiger partial charge on any atom is 0.282 e. The van der Waals surface area contributed by atoms with E-state index in [0.29, 0.717) is 0 Å². The van der Waals surface area contributed by atoms with E-state index in [-0.39, 0.29) is 11.9 Å². The van der Waals surface area contributed by atoms with Gasteiger partial charge in [-0.3, -0.25) is 4.79 Å². The Morgan fingerprint density at radius 2 is 1.96 bits per heavy atom. The lowest BCUT2D eigenvalue weighted by Gasteiger charge is -2.20. The minimum atomic E-state index is -0.110. The molecule has 0 spiro atoms. The molecule has 1 heterocycles. The van der Waals surface area contributed by atoms with Crippen LogP contribution in [0.5, 0.6) is 0 Å². The molecule has 0 aliphatic carbocycles. The Balaban J connectivity index is 1.66. The summed E-state index contributed by atoms with van der Waals surface area (Å²) < 4.78 is 0. The summed E-state index contributed by atoms with van der Waals surface area (Å²) in [4.78, 5) is 13.7. The second-order valence-electron chi connectivity index (χ2n) is 5.93. The number of thiophene rings is 1. The van der Waals surface area contributed by atoms with Crippen molar-refractivity contribution in [2.24, 2.45) is 0 Å². The Labute approximate surface area is 140 Å². The molecule has 0 saturated heterocycles. The summed E-state index contributed by atoms with van der Waals surface area (Å²) in [5, 5.41) is 9.56. The first kappa shape index (κ1) is 15.7. The number of likely N-dealkylation sites (N-methyl/N-ethyl adjacent to an activating group) is 1. The van der Waals surface area contributed by atoms with E-state index in [0.717, 1.165) is 17.6 Å². The van der Waals surface area contributed by atoms with E-state index in [1.165, 1.54) is 15.8 Å². The highest BCUT2D eigenvalue weighted by Gasteiger charge is 2.22. The molecule has 2 N–H and O–H groups in total. The second kappa shape index (κ2) is 6.94. The number of amides is 1. The van der Waals surface area contributed by atoms with Crippen LogP contribution in [-0.4, -0.2) is 19.0 Å². The van der Waals surface area contributed by atoms with Crippen LogP contribution in [0.15, 0.2) is 59.3 Å². The van der Waals surface area contributed by atoms with Gasteiger partial charge in [0.05, 0.1) is 7.05 Å². The molecule has 0 fully saturated rings. The summed E-state index contributed by atoms with van der Waals surface area (Å²) in [7, 11) is 2.06. The van der Waals surface area contributed by atoms with Crippen molar-refractivity contribution in [1.82, 2.24) is 0 Å². The zero-order chi connectivity index (χ0) is 16.2. The van der Waals surface area contributed by atoms with Crippen molar-refractivity contribution < 1.29 is 9.69 Å². The molecule has 2 aromatic carbocycles. The largest absolute Gasteiger partial charge is 0.324 e. The lowest BCUT2D eigenvalue weighted by molar-refractivity contribution is -0.907. The van der Waals surface area contributed by atoms with Gasteiger partial charge in [0.2, 0.25) is 0 Å². The zero-order valence-electron chi connectivity index (χ0n) is 13.4. The molecule has 0 saturated carbocycles. The van der Waals surface area contributed by atoms with E-state index in [1.54, 1.807) is 11.3 Å². The van der Waals surface area contributed by atoms with E-state index < -0.39 is 0 Å².